The van der Waals surface area contributed by atoms with Crippen molar-refractivity contribution >= 4 is 63.6 Å². The number of amides is 1. The molecule has 0 saturated carbocycles. The van der Waals surface area contributed by atoms with E-state index in [2.05, 4.69) is 25.5 Å². The summed E-state index contributed by atoms with van der Waals surface area (Å²) in [6, 6.07) is 13.0. The van der Waals surface area contributed by atoms with Gasteiger partial charge in [0.05, 0.1) is 16.9 Å². The fourth-order valence-electron chi connectivity index (χ4n) is 3.50. The Morgan fingerprint density at radius 2 is 1.75 bits per heavy atom. The summed E-state index contributed by atoms with van der Waals surface area (Å²) in [7, 11) is 0. The number of nitrogen functional groups attached to an aromatic ring is 1. The molecule has 4 N–H and O–H groups in total. The highest BCUT2D eigenvalue weighted by Crippen LogP contribution is 2.31. The Hall–Kier alpha value is -3.23. The Kier molecular flexibility index (Phi) is 6.53. The third-order valence-electron chi connectivity index (χ3n) is 5.16. The fourth-order valence-corrected chi connectivity index (χ4v) is 3.94. The van der Waals surface area contributed by atoms with Crippen LogP contribution >= 0.6 is 23.2 Å². The highest BCUT2D eigenvalue weighted by Gasteiger charge is 2.20. The van der Waals surface area contributed by atoms with Crippen molar-refractivity contribution in [3.8, 4) is 0 Å². The first kappa shape index (κ1) is 22.0. The van der Waals surface area contributed by atoms with Crippen LogP contribution in [0.5, 0.6) is 0 Å². The van der Waals surface area contributed by atoms with Crippen molar-refractivity contribution in [1.82, 2.24) is 14.9 Å². The van der Waals surface area contributed by atoms with Crippen LogP contribution in [0.15, 0.2) is 48.7 Å². The minimum absolute atomic E-state index is 0.0999. The molecule has 1 saturated heterocycles. The van der Waals surface area contributed by atoms with Gasteiger partial charge in [-0.2, -0.15) is 4.98 Å². The maximum atomic E-state index is 11.5. The van der Waals surface area contributed by atoms with Gasteiger partial charge in [-0.3, -0.25) is 4.79 Å². The number of hydrogen-bond acceptors (Lipinski definition) is 7. The van der Waals surface area contributed by atoms with Crippen LogP contribution in [0.25, 0.3) is 0 Å². The highest BCUT2D eigenvalue weighted by atomic mass is 35.5. The number of carbonyl (C=O) groups excluding carboxylic acids is 1. The smallest absolute Gasteiger partial charge is 0.229 e. The zero-order valence-corrected chi connectivity index (χ0v) is 19.0. The molecule has 1 fully saturated rings. The first-order chi connectivity index (χ1) is 15.4. The number of nitrogens with two attached hydrogens (primary N) is 1. The van der Waals surface area contributed by atoms with Gasteiger partial charge in [-0.25, -0.2) is 4.98 Å². The number of piperazine rings is 1. The molecule has 1 aliphatic rings. The number of nitrogens with one attached hydrogen (secondary N) is 2. The summed E-state index contributed by atoms with van der Waals surface area (Å²) in [5.74, 6) is 0.934. The van der Waals surface area contributed by atoms with E-state index in [0.29, 0.717) is 40.6 Å². The standard InChI is InChI=1S/C22H23Cl2N7O/c1-14(32)30-7-9-31(10-8-30)20-6-5-17(12-18(20)23)28-22-26-13-19(24)21(29-22)27-16-4-2-3-15(25)11-16/h2-6,11-13H,7-10,25H2,1H3,(H2,26,27,28,29). The van der Waals surface area contributed by atoms with Gasteiger partial charge in [0.1, 0.15) is 5.02 Å². The van der Waals surface area contributed by atoms with E-state index in [-0.39, 0.29) is 5.91 Å². The van der Waals surface area contributed by atoms with Crippen LogP contribution < -0.4 is 21.3 Å². The molecule has 166 valence electrons. The van der Waals surface area contributed by atoms with Gasteiger partial charge in [-0.1, -0.05) is 29.3 Å². The van der Waals surface area contributed by atoms with Crippen LogP contribution in [0.1, 0.15) is 6.92 Å². The summed E-state index contributed by atoms with van der Waals surface area (Å²) < 4.78 is 0. The SMILES string of the molecule is CC(=O)N1CCN(c2ccc(Nc3ncc(Cl)c(Nc4cccc(N)c4)n3)cc2Cl)CC1. The van der Waals surface area contributed by atoms with Crippen molar-refractivity contribution < 1.29 is 4.79 Å². The summed E-state index contributed by atoms with van der Waals surface area (Å²) in [6.07, 6.45) is 1.52. The maximum Gasteiger partial charge on any atom is 0.229 e. The van der Waals surface area contributed by atoms with Gasteiger partial charge in [-0.15, -0.1) is 0 Å². The lowest BCUT2D eigenvalue weighted by Gasteiger charge is -2.36. The number of carbonyl (C=O) groups is 1. The normalized spacial score (nSPS) is 13.7. The van der Waals surface area contributed by atoms with Crippen molar-refractivity contribution in [2.75, 3.05) is 47.4 Å². The van der Waals surface area contributed by atoms with E-state index in [1.54, 1.807) is 19.1 Å². The molecule has 1 aromatic heterocycles. The zero-order valence-electron chi connectivity index (χ0n) is 17.5. The number of nitrogens with zero attached hydrogens (tertiary/aromatic N) is 4. The zero-order chi connectivity index (χ0) is 22.7. The third kappa shape index (κ3) is 5.15. The summed E-state index contributed by atoms with van der Waals surface area (Å²) in [5, 5.41) is 7.31. The second kappa shape index (κ2) is 9.50. The molecule has 2 heterocycles. The summed E-state index contributed by atoms with van der Waals surface area (Å²) in [6.45, 7) is 4.45. The summed E-state index contributed by atoms with van der Waals surface area (Å²) in [5.41, 5.74) is 8.92. The van der Waals surface area contributed by atoms with Crippen LogP contribution in [0, 0.1) is 0 Å². The Morgan fingerprint density at radius 3 is 2.44 bits per heavy atom. The Bertz CT molecular complexity index is 1130. The van der Waals surface area contributed by atoms with E-state index in [1.165, 1.54) is 6.20 Å². The number of aromatic nitrogens is 2. The highest BCUT2D eigenvalue weighted by molar-refractivity contribution is 6.33. The van der Waals surface area contributed by atoms with Gasteiger partial charge in [-0.05, 0) is 36.4 Å². The number of hydrogen-bond donors (Lipinski definition) is 3. The first-order valence-corrected chi connectivity index (χ1v) is 10.9. The van der Waals surface area contributed by atoms with Crippen molar-refractivity contribution in [1.29, 1.82) is 0 Å². The van der Waals surface area contributed by atoms with E-state index in [0.717, 1.165) is 30.2 Å². The molecule has 0 spiro atoms. The summed E-state index contributed by atoms with van der Waals surface area (Å²) in [4.78, 5) is 24.3. The van der Waals surface area contributed by atoms with Crippen molar-refractivity contribution in [2.45, 2.75) is 6.92 Å². The molecule has 0 bridgehead atoms. The van der Waals surface area contributed by atoms with Gasteiger partial charge in [0.25, 0.3) is 0 Å². The van der Waals surface area contributed by atoms with Gasteiger partial charge in [0.2, 0.25) is 11.9 Å². The Morgan fingerprint density at radius 1 is 1.00 bits per heavy atom. The molecule has 10 heteroatoms. The molecule has 0 atom stereocenters. The fraction of sp³-hybridized carbons (Fsp3) is 0.227. The van der Waals surface area contributed by atoms with Gasteiger partial charge >= 0.3 is 0 Å². The monoisotopic (exact) mass is 471 g/mol. The van der Waals surface area contributed by atoms with Crippen LogP contribution in [-0.4, -0.2) is 47.0 Å². The molecule has 8 nitrogen and oxygen atoms in total. The molecule has 1 amide bonds. The predicted octanol–water partition coefficient (Wildman–Crippen LogP) is 4.52. The molecule has 0 unspecified atom stereocenters. The second-order valence-electron chi connectivity index (χ2n) is 7.42. The quantitative estimate of drug-likeness (QED) is 0.470. The molecule has 0 aliphatic carbocycles. The van der Waals surface area contributed by atoms with E-state index >= 15 is 0 Å². The Balaban J connectivity index is 1.46. The predicted molar refractivity (Wildman–Crippen MR) is 130 cm³/mol. The number of anilines is 6. The average molecular weight is 472 g/mol. The second-order valence-corrected chi connectivity index (χ2v) is 8.24. The molecule has 2 aromatic carbocycles. The van der Waals surface area contributed by atoms with Crippen LogP contribution in [0.3, 0.4) is 0 Å². The van der Waals surface area contributed by atoms with Crippen molar-refractivity contribution in [2.24, 2.45) is 0 Å². The minimum atomic E-state index is 0.0999. The lowest BCUT2D eigenvalue weighted by molar-refractivity contribution is -0.129. The minimum Gasteiger partial charge on any atom is -0.399 e. The molecule has 4 rings (SSSR count). The van der Waals surface area contributed by atoms with Gasteiger partial charge in [0, 0.05) is 50.2 Å². The van der Waals surface area contributed by atoms with Crippen molar-refractivity contribution in [3.05, 3.63) is 58.7 Å². The number of rotatable bonds is 5. The van der Waals surface area contributed by atoms with E-state index in [1.807, 2.05) is 35.2 Å². The van der Waals surface area contributed by atoms with Crippen LogP contribution in [-0.2, 0) is 4.79 Å². The van der Waals surface area contributed by atoms with Crippen LogP contribution in [0.4, 0.5) is 34.5 Å². The van der Waals surface area contributed by atoms with E-state index < -0.39 is 0 Å². The Labute approximate surface area is 196 Å². The van der Waals surface area contributed by atoms with E-state index in [9.17, 15) is 4.79 Å². The molecule has 0 radical (unpaired) electrons. The maximum absolute atomic E-state index is 11.5. The molecular formula is C22H23Cl2N7O. The molecule has 1 aliphatic heterocycles. The number of halogens is 2. The van der Waals surface area contributed by atoms with Crippen LogP contribution in [0.2, 0.25) is 10.0 Å². The van der Waals surface area contributed by atoms with Gasteiger partial charge in [0.15, 0.2) is 5.82 Å². The van der Waals surface area contributed by atoms with Crippen molar-refractivity contribution in [3.63, 3.8) is 0 Å². The molecular weight excluding hydrogens is 449 g/mol. The molecule has 3 aromatic rings. The topological polar surface area (TPSA) is 99.4 Å². The summed E-state index contributed by atoms with van der Waals surface area (Å²) >= 11 is 12.8. The van der Waals surface area contributed by atoms with Gasteiger partial charge < -0.3 is 26.2 Å². The lowest BCUT2D eigenvalue weighted by Crippen LogP contribution is -2.48. The lowest BCUT2D eigenvalue weighted by atomic mass is 10.2. The largest absolute Gasteiger partial charge is 0.399 e. The number of benzene rings is 2. The molecule has 32 heavy (non-hydrogen) atoms. The first-order valence-electron chi connectivity index (χ1n) is 10.1. The third-order valence-corrected chi connectivity index (χ3v) is 5.74. The van der Waals surface area contributed by atoms with E-state index in [4.69, 9.17) is 28.9 Å². The average Bonchev–Trinajstić information content (AvgIpc) is 2.76.